The van der Waals surface area contributed by atoms with Crippen molar-refractivity contribution in [3.8, 4) is 5.75 Å². The standard InChI is InChI=1S/C13H17N3O3/c14-10-5-3-4-9(12(10)18)13(19)15-8-11(17)16-6-1-2-7-16/h3-5,18H,1-2,6-8,14H2,(H,15,19). The molecule has 0 radical (unpaired) electrons. The van der Waals surface area contributed by atoms with Crippen LogP contribution in [-0.2, 0) is 4.79 Å². The Bertz CT molecular complexity index is 496. The number of amides is 2. The Morgan fingerprint density at radius 3 is 2.68 bits per heavy atom. The molecule has 0 unspecified atom stereocenters. The van der Waals surface area contributed by atoms with Crippen LogP contribution in [0, 0.1) is 0 Å². The highest BCUT2D eigenvalue weighted by molar-refractivity contribution is 6.00. The van der Waals surface area contributed by atoms with Crippen LogP contribution >= 0.6 is 0 Å². The van der Waals surface area contributed by atoms with Gasteiger partial charge in [-0.3, -0.25) is 9.59 Å². The fourth-order valence-corrected chi connectivity index (χ4v) is 2.07. The third kappa shape index (κ3) is 2.96. The van der Waals surface area contributed by atoms with Crippen molar-refractivity contribution >= 4 is 17.5 Å². The van der Waals surface area contributed by atoms with Gasteiger partial charge in [0.2, 0.25) is 5.91 Å². The number of likely N-dealkylation sites (tertiary alicyclic amines) is 1. The monoisotopic (exact) mass is 263 g/mol. The van der Waals surface area contributed by atoms with Crippen molar-refractivity contribution in [1.29, 1.82) is 0 Å². The summed E-state index contributed by atoms with van der Waals surface area (Å²) >= 11 is 0. The minimum absolute atomic E-state index is 0.0624. The maximum Gasteiger partial charge on any atom is 0.255 e. The zero-order valence-electron chi connectivity index (χ0n) is 10.6. The summed E-state index contributed by atoms with van der Waals surface area (Å²) in [5.74, 6) is -0.861. The molecule has 102 valence electrons. The predicted octanol–water partition coefficient (Wildman–Crippen LogP) is 0.327. The number of phenols is 1. The van der Waals surface area contributed by atoms with E-state index in [4.69, 9.17) is 5.73 Å². The number of nitrogens with zero attached hydrogens (tertiary/aromatic N) is 1. The van der Waals surface area contributed by atoms with Gasteiger partial charge in [-0.15, -0.1) is 0 Å². The molecule has 1 aliphatic rings. The smallest absolute Gasteiger partial charge is 0.255 e. The number of nitrogens with one attached hydrogen (secondary N) is 1. The number of rotatable bonds is 3. The van der Waals surface area contributed by atoms with E-state index >= 15 is 0 Å². The Morgan fingerprint density at radius 1 is 1.32 bits per heavy atom. The number of benzene rings is 1. The van der Waals surface area contributed by atoms with Crippen molar-refractivity contribution in [2.75, 3.05) is 25.4 Å². The second-order valence-corrected chi connectivity index (χ2v) is 4.51. The van der Waals surface area contributed by atoms with Crippen LogP contribution in [-0.4, -0.2) is 41.5 Å². The van der Waals surface area contributed by atoms with Crippen molar-refractivity contribution in [1.82, 2.24) is 10.2 Å². The number of hydrogen-bond acceptors (Lipinski definition) is 4. The van der Waals surface area contributed by atoms with Crippen molar-refractivity contribution in [2.24, 2.45) is 0 Å². The lowest BCUT2D eigenvalue weighted by atomic mass is 10.1. The second kappa shape index (κ2) is 5.60. The van der Waals surface area contributed by atoms with Gasteiger partial charge in [-0.05, 0) is 25.0 Å². The van der Waals surface area contributed by atoms with Gasteiger partial charge in [-0.2, -0.15) is 0 Å². The SMILES string of the molecule is Nc1cccc(C(=O)NCC(=O)N2CCCC2)c1O. The maximum absolute atomic E-state index is 11.8. The number of nitrogens with two attached hydrogens (primary N) is 1. The van der Waals surface area contributed by atoms with Crippen molar-refractivity contribution in [2.45, 2.75) is 12.8 Å². The Kier molecular flexibility index (Phi) is 3.89. The summed E-state index contributed by atoms with van der Waals surface area (Å²) < 4.78 is 0. The van der Waals surface area contributed by atoms with Gasteiger partial charge in [0.25, 0.3) is 5.91 Å². The van der Waals surface area contributed by atoms with Gasteiger partial charge in [0, 0.05) is 13.1 Å². The molecule has 1 fully saturated rings. The number of phenolic OH excluding ortho intramolecular Hbond substituents is 1. The normalized spacial score (nSPS) is 14.4. The third-order valence-electron chi connectivity index (χ3n) is 3.17. The van der Waals surface area contributed by atoms with E-state index in [2.05, 4.69) is 5.32 Å². The molecule has 6 heteroatoms. The van der Waals surface area contributed by atoms with Gasteiger partial charge in [-0.25, -0.2) is 0 Å². The molecular weight excluding hydrogens is 246 g/mol. The lowest BCUT2D eigenvalue weighted by Gasteiger charge is -2.15. The Morgan fingerprint density at radius 2 is 2.00 bits per heavy atom. The predicted molar refractivity (Wildman–Crippen MR) is 70.7 cm³/mol. The van der Waals surface area contributed by atoms with Crippen LogP contribution in [0.5, 0.6) is 5.75 Å². The Hall–Kier alpha value is -2.24. The van der Waals surface area contributed by atoms with E-state index < -0.39 is 5.91 Å². The van der Waals surface area contributed by atoms with Crippen molar-refractivity contribution in [3.63, 3.8) is 0 Å². The fraction of sp³-hybridized carbons (Fsp3) is 0.385. The molecule has 4 N–H and O–H groups in total. The molecule has 0 aromatic heterocycles. The molecule has 1 aromatic rings. The first-order chi connectivity index (χ1) is 9.09. The van der Waals surface area contributed by atoms with Crippen LogP contribution < -0.4 is 11.1 Å². The number of aromatic hydroxyl groups is 1. The van der Waals surface area contributed by atoms with E-state index in [0.717, 1.165) is 25.9 Å². The van der Waals surface area contributed by atoms with Crippen molar-refractivity contribution in [3.05, 3.63) is 23.8 Å². The second-order valence-electron chi connectivity index (χ2n) is 4.51. The van der Waals surface area contributed by atoms with Gasteiger partial charge in [0.05, 0.1) is 17.8 Å². The summed E-state index contributed by atoms with van der Waals surface area (Å²) in [6.07, 6.45) is 2.02. The summed E-state index contributed by atoms with van der Waals surface area (Å²) in [6, 6.07) is 4.54. The number of anilines is 1. The first kappa shape index (κ1) is 13.2. The van der Waals surface area contributed by atoms with Crippen LogP contribution in [0.2, 0.25) is 0 Å². The molecule has 1 heterocycles. The lowest BCUT2D eigenvalue weighted by molar-refractivity contribution is -0.129. The topological polar surface area (TPSA) is 95.7 Å². The summed E-state index contributed by atoms with van der Waals surface area (Å²) in [7, 11) is 0. The van der Waals surface area contributed by atoms with Gasteiger partial charge in [0.15, 0.2) is 5.75 Å². The van der Waals surface area contributed by atoms with Crippen molar-refractivity contribution < 1.29 is 14.7 Å². The molecule has 1 aliphatic heterocycles. The number of carbonyl (C=O) groups excluding carboxylic acids is 2. The first-order valence-electron chi connectivity index (χ1n) is 6.23. The van der Waals surface area contributed by atoms with Gasteiger partial charge >= 0.3 is 0 Å². The number of carbonyl (C=O) groups is 2. The maximum atomic E-state index is 11.8. The highest BCUT2D eigenvalue weighted by atomic mass is 16.3. The molecular formula is C13H17N3O3. The minimum atomic E-state index is -0.502. The Balaban J connectivity index is 1.94. The van der Waals surface area contributed by atoms with E-state index in [0.29, 0.717) is 0 Å². The molecule has 1 aromatic carbocycles. The van der Waals surface area contributed by atoms with E-state index in [-0.39, 0.29) is 29.5 Å². The third-order valence-corrected chi connectivity index (χ3v) is 3.17. The summed E-state index contributed by atoms with van der Waals surface area (Å²) in [5.41, 5.74) is 5.72. The fourth-order valence-electron chi connectivity index (χ4n) is 2.07. The highest BCUT2D eigenvalue weighted by Crippen LogP contribution is 2.23. The van der Waals surface area contributed by atoms with Crippen LogP contribution in [0.15, 0.2) is 18.2 Å². The molecule has 0 saturated carbocycles. The number of hydrogen-bond donors (Lipinski definition) is 3. The summed E-state index contributed by atoms with van der Waals surface area (Å²) in [5, 5.41) is 12.2. The largest absolute Gasteiger partial charge is 0.505 e. The molecule has 2 rings (SSSR count). The van der Waals surface area contributed by atoms with Crippen LogP contribution in [0.4, 0.5) is 5.69 Å². The van der Waals surface area contributed by atoms with E-state index in [1.54, 1.807) is 11.0 Å². The lowest BCUT2D eigenvalue weighted by Crippen LogP contribution is -2.38. The molecule has 0 bridgehead atoms. The summed E-state index contributed by atoms with van der Waals surface area (Å²) in [6.45, 7) is 1.43. The van der Waals surface area contributed by atoms with E-state index in [1.807, 2.05) is 0 Å². The van der Waals surface area contributed by atoms with Gasteiger partial charge in [-0.1, -0.05) is 6.07 Å². The van der Waals surface area contributed by atoms with Gasteiger partial charge < -0.3 is 21.1 Å². The number of para-hydroxylation sites is 1. The minimum Gasteiger partial charge on any atom is -0.505 e. The molecule has 1 saturated heterocycles. The molecule has 6 nitrogen and oxygen atoms in total. The van der Waals surface area contributed by atoms with Gasteiger partial charge in [0.1, 0.15) is 0 Å². The zero-order chi connectivity index (χ0) is 13.8. The zero-order valence-corrected chi connectivity index (χ0v) is 10.6. The van der Waals surface area contributed by atoms with Crippen LogP contribution in [0.1, 0.15) is 23.2 Å². The molecule has 0 atom stereocenters. The molecule has 2 amide bonds. The average Bonchev–Trinajstić information content (AvgIpc) is 2.93. The quantitative estimate of drug-likeness (QED) is 0.541. The first-order valence-corrected chi connectivity index (χ1v) is 6.23. The van der Waals surface area contributed by atoms with Crippen LogP contribution in [0.3, 0.4) is 0 Å². The van der Waals surface area contributed by atoms with E-state index in [1.165, 1.54) is 12.1 Å². The highest BCUT2D eigenvalue weighted by Gasteiger charge is 2.19. The van der Waals surface area contributed by atoms with Crippen LogP contribution in [0.25, 0.3) is 0 Å². The molecule has 19 heavy (non-hydrogen) atoms. The summed E-state index contributed by atoms with van der Waals surface area (Å²) in [4.78, 5) is 25.3. The molecule has 0 spiro atoms. The number of nitrogen functional groups attached to an aromatic ring is 1. The molecule has 0 aliphatic carbocycles. The average molecular weight is 263 g/mol. The Labute approximate surface area is 111 Å². The van der Waals surface area contributed by atoms with E-state index in [9.17, 15) is 14.7 Å².